The summed E-state index contributed by atoms with van der Waals surface area (Å²) in [6.45, 7) is 13.3. The van der Waals surface area contributed by atoms with Crippen molar-refractivity contribution in [2.75, 3.05) is 0 Å². The quantitative estimate of drug-likeness (QED) is 0.731. The second kappa shape index (κ2) is 6.39. The van der Waals surface area contributed by atoms with Crippen LogP contribution in [0.15, 0.2) is 29.2 Å². The molecule has 0 fully saturated rings. The van der Waals surface area contributed by atoms with E-state index in [0.717, 1.165) is 0 Å². The van der Waals surface area contributed by atoms with Gasteiger partial charge in [0, 0.05) is 0 Å². The van der Waals surface area contributed by atoms with Crippen molar-refractivity contribution in [3.8, 4) is 0 Å². The molecule has 2 aromatic carbocycles. The minimum atomic E-state index is 0.442. The second-order valence-electron chi connectivity index (χ2n) is 5.53. The zero-order valence-electron chi connectivity index (χ0n) is 13.1. The molecule has 0 aliphatic heterocycles. The van der Waals surface area contributed by atoms with Crippen LogP contribution in [0.3, 0.4) is 0 Å². The zero-order valence-corrected chi connectivity index (χ0v) is 15.7. The Morgan fingerprint density at radius 2 is 1.05 bits per heavy atom. The maximum atomic E-state index is 2.35. The number of hydrogen-bond acceptors (Lipinski definition) is 1. The van der Waals surface area contributed by atoms with E-state index in [1.165, 1.54) is 42.7 Å². The average molecular weight is 349 g/mol. The molecule has 2 rings (SSSR count). The van der Waals surface area contributed by atoms with Gasteiger partial charge >= 0.3 is 133 Å². The molecule has 0 aliphatic carbocycles. The molecule has 2 aromatic rings. The molecule has 20 heavy (non-hydrogen) atoms. The Kier molecular flexibility index (Phi) is 5.01. The van der Waals surface area contributed by atoms with Crippen LogP contribution in [-0.2, 0) is 0 Å². The van der Waals surface area contributed by atoms with Crippen LogP contribution in [0, 0.1) is 41.5 Å². The first-order valence-electron chi connectivity index (χ1n) is 6.88. The zero-order chi connectivity index (χ0) is 14.9. The molecule has 0 saturated heterocycles. The first kappa shape index (κ1) is 15.7. The number of rotatable bonds is 3. The molecule has 0 unspecified atom stereocenters. The van der Waals surface area contributed by atoms with Crippen LogP contribution in [0.5, 0.6) is 0 Å². The van der Waals surface area contributed by atoms with Gasteiger partial charge in [0.05, 0.1) is 0 Å². The minimum absolute atomic E-state index is 0.442. The Labute approximate surface area is 132 Å². The Morgan fingerprint density at radius 1 is 0.650 bits per heavy atom. The molecule has 0 nitrogen and oxygen atoms in total. The van der Waals surface area contributed by atoms with Crippen molar-refractivity contribution in [3.63, 3.8) is 0 Å². The summed E-state index contributed by atoms with van der Waals surface area (Å²) in [5, 5.41) is 0. The standard InChI is InChI=1S/C18H22SSe/c1-11-7-17(8-12(2)15(11)5)19-20-18-9-13(3)16(6)14(4)10-18/h7-10H,1-6H3. The van der Waals surface area contributed by atoms with E-state index in [-0.39, 0.29) is 0 Å². The van der Waals surface area contributed by atoms with Gasteiger partial charge in [-0.05, 0) is 0 Å². The molecular formula is C18H22SSe. The van der Waals surface area contributed by atoms with Gasteiger partial charge in [0.25, 0.3) is 0 Å². The summed E-state index contributed by atoms with van der Waals surface area (Å²) in [4.78, 5) is 1.40. The third kappa shape index (κ3) is 3.49. The van der Waals surface area contributed by atoms with Crippen LogP contribution in [0.4, 0.5) is 0 Å². The van der Waals surface area contributed by atoms with E-state index in [4.69, 9.17) is 0 Å². The van der Waals surface area contributed by atoms with Gasteiger partial charge in [-0.25, -0.2) is 0 Å². The summed E-state index contributed by atoms with van der Waals surface area (Å²) >= 11 is 0.442. The fraction of sp³-hybridized carbons (Fsp3) is 0.333. The third-order valence-electron chi connectivity index (χ3n) is 4.04. The fourth-order valence-electron chi connectivity index (χ4n) is 2.18. The van der Waals surface area contributed by atoms with E-state index >= 15 is 0 Å². The fourth-order valence-corrected chi connectivity index (χ4v) is 6.09. The molecule has 0 spiro atoms. The predicted octanol–water partition coefficient (Wildman–Crippen LogP) is 4.57. The van der Waals surface area contributed by atoms with Crippen molar-refractivity contribution < 1.29 is 0 Å². The monoisotopic (exact) mass is 350 g/mol. The van der Waals surface area contributed by atoms with Crippen LogP contribution < -0.4 is 4.46 Å². The van der Waals surface area contributed by atoms with E-state index in [9.17, 15) is 0 Å². The molecule has 0 bridgehead atoms. The van der Waals surface area contributed by atoms with Crippen molar-refractivity contribution in [3.05, 3.63) is 57.6 Å². The summed E-state index contributed by atoms with van der Waals surface area (Å²) in [6.07, 6.45) is 0. The van der Waals surface area contributed by atoms with E-state index in [2.05, 4.69) is 65.8 Å². The predicted molar refractivity (Wildman–Crippen MR) is 92.6 cm³/mol. The molecule has 0 aliphatic rings. The van der Waals surface area contributed by atoms with Crippen LogP contribution in [0.2, 0.25) is 0 Å². The second-order valence-corrected chi connectivity index (χ2v) is 9.42. The van der Waals surface area contributed by atoms with E-state index in [0.29, 0.717) is 13.8 Å². The van der Waals surface area contributed by atoms with Crippen molar-refractivity contribution >= 4 is 28.5 Å². The summed E-state index contributed by atoms with van der Waals surface area (Å²) in [7, 11) is 2.00. The SMILES string of the molecule is Cc1cc(S[Se]c2cc(C)c(C)c(C)c2)cc(C)c1C. The molecule has 2 heteroatoms. The van der Waals surface area contributed by atoms with E-state index in [1.54, 1.807) is 0 Å². The maximum absolute atomic E-state index is 2.35. The van der Waals surface area contributed by atoms with Gasteiger partial charge < -0.3 is 0 Å². The third-order valence-corrected chi connectivity index (χ3v) is 8.18. The van der Waals surface area contributed by atoms with Crippen LogP contribution in [-0.4, -0.2) is 13.8 Å². The summed E-state index contributed by atoms with van der Waals surface area (Å²) in [5.74, 6) is 0. The van der Waals surface area contributed by atoms with Gasteiger partial charge in [0.2, 0.25) is 0 Å². The molecule has 0 aromatic heterocycles. The number of aryl methyl sites for hydroxylation is 4. The Hall–Kier alpha value is -0.691. The summed E-state index contributed by atoms with van der Waals surface area (Å²) in [5.41, 5.74) is 8.48. The van der Waals surface area contributed by atoms with Crippen molar-refractivity contribution in [2.45, 2.75) is 46.4 Å². The number of hydrogen-bond donors (Lipinski definition) is 0. The molecule has 0 atom stereocenters. The van der Waals surface area contributed by atoms with Crippen molar-refractivity contribution in [2.24, 2.45) is 0 Å². The molecule has 0 amide bonds. The number of benzene rings is 2. The van der Waals surface area contributed by atoms with Gasteiger partial charge in [-0.15, -0.1) is 0 Å². The first-order valence-corrected chi connectivity index (χ1v) is 10.6. The van der Waals surface area contributed by atoms with Crippen LogP contribution in [0.25, 0.3) is 0 Å². The normalized spacial score (nSPS) is 10.9. The van der Waals surface area contributed by atoms with E-state index in [1.807, 2.05) is 10.2 Å². The molecule has 106 valence electrons. The van der Waals surface area contributed by atoms with E-state index < -0.39 is 0 Å². The first-order chi connectivity index (χ1) is 9.38. The van der Waals surface area contributed by atoms with Gasteiger partial charge in [0.15, 0.2) is 0 Å². The van der Waals surface area contributed by atoms with Gasteiger partial charge in [-0.3, -0.25) is 0 Å². The van der Waals surface area contributed by atoms with Crippen molar-refractivity contribution in [1.82, 2.24) is 0 Å². The topological polar surface area (TPSA) is 0 Å². The average Bonchev–Trinajstić information content (AvgIpc) is 2.39. The van der Waals surface area contributed by atoms with Crippen molar-refractivity contribution in [1.29, 1.82) is 0 Å². The molecule has 0 radical (unpaired) electrons. The van der Waals surface area contributed by atoms with Crippen LogP contribution >= 0.6 is 10.2 Å². The molecule has 0 N–H and O–H groups in total. The molecular weight excluding hydrogens is 327 g/mol. The summed E-state index contributed by atoms with van der Waals surface area (Å²) < 4.78 is 1.49. The molecule has 0 saturated carbocycles. The summed E-state index contributed by atoms with van der Waals surface area (Å²) in [6, 6.07) is 9.35. The van der Waals surface area contributed by atoms with Crippen LogP contribution in [0.1, 0.15) is 33.4 Å². The van der Waals surface area contributed by atoms with Gasteiger partial charge in [0.1, 0.15) is 0 Å². The Morgan fingerprint density at radius 3 is 1.50 bits per heavy atom. The van der Waals surface area contributed by atoms with Gasteiger partial charge in [-0.1, -0.05) is 0 Å². The molecule has 0 heterocycles. The Bertz CT molecular complexity index is 540. The Balaban J connectivity index is 2.17. The van der Waals surface area contributed by atoms with Gasteiger partial charge in [-0.2, -0.15) is 0 Å².